The highest BCUT2D eigenvalue weighted by Crippen LogP contribution is 2.28. The van der Waals surface area contributed by atoms with Gasteiger partial charge in [-0.1, -0.05) is 98.0 Å². The number of para-hydroxylation sites is 1. The first kappa shape index (κ1) is 27.8. The quantitative estimate of drug-likeness (QED) is 0.428. The van der Waals surface area contributed by atoms with Crippen LogP contribution >= 0.6 is 11.3 Å². The lowest BCUT2D eigenvalue weighted by Crippen LogP contribution is -2.01. The molecule has 1 N–H and O–H groups in total. The molecule has 0 amide bonds. The molecule has 3 heteroatoms. The number of aryl methyl sites for hydroxylation is 1. The van der Waals surface area contributed by atoms with Crippen LogP contribution in [0.15, 0.2) is 67.4 Å². The van der Waals surface area contributed by atoms with E-state index in [0.717, 1.165) is 27.2 Å². The number of hydrogen-bond donors (Lipinski definition) is 1. The molecule has 0 aliphatic rings. The fraction of sp³-hybridized carbons (Fsp3) is 0.407. The normalized spacial score (nSPS) is 10.9. The summed E-state index contributed by atoms with van der Waals surface area (Å²) in [4.78, 5) is 4.52. The fourth-order valence-electron chi connectivity index (χ4n) is 2.32. The minimum absolute atomic E-state index is 0.500. The summed E-state index contributed by atoms with van der Waals surface area (Å²) >= 11 is 1.57. The van der Waals surface area contributed by atoms with Crippen LogP contribution in [0, 0.1) is 5.41 Å². The van der Waals surface area contributed by atoms with Crippen molar-refractivity contribution >= 4 is 21.6 Å². The molecule has 0 radical (unpaired) electrons. The molecule has 2 aromatic carbocycles. The van der Waals surface area contributed by atoms with E-state index in [4.69, 9.17) is 0 Å². The molecule has 0 bridgehead atoms. The highest BCUT2D eigenvalue weighted by atomic mass is 32.1. The molecule has 0 aliphatic heterocycles. The zero-order valence-electron chi connectivity index (χ0n) is 19.8. The second kappa shape index (κ2) is 14.7. The minimum atomic E-state index is -0.528. The summed E-state index contributed by atoms with van der Waals surface area (Å²) in [6.45, 7) is 21.1. The zero-order valence-corrected chi connectivity index (χ0v) is 20.6. The van der Waals surface area contributed by atoms with Crippen molar-refractivity contribution < 1.29 is 5.11 Å². The van der Waals surface area contributed by atoms with Crippen LogP contribution in [0.2, 0.25) is 0 Å². The van der Waals surface area contributed by atoms with Crippen LogP contribution < -0.4 is 0 Å². The Labute approximate surface area is 188 Å². The number of benzene rings is 2. The molecule has 2 nitrogen and oxygen atoms in total. The first-order valence-corrected chi connectivity index (χ1v) is 11.4. The molecule has 0 spiro atoms. The summed E-state index contributed by atoms with van der Waals surface area (Å²) in [5, 5.41) is 11.2. The Morgan fingerprint density at radius 1 is 1.00 bits per heavy atom. The van der Waals surface area contributed by atoms with E-state index in [0.29, 0.717) is 11.8 Å². The predicted molar refractivity (Wildman–Crippen MR) is 135 cm³/mol. The van der Waals surface area contributed by atoms with Gasteiger partial charge in [0.1, 0.15) is 11.1 Å². The van der Waals surface area contributed by atoms with Crippen LogP contribution in [0.5, 0.6) is 0 Å². The molecule has 1 unspecified atom stereocenters. The Bertz CT molecular complexity index is 844. The zero-order chi connectivity index (χ0) is 23.2. The third-order valence-corrected chi connectivity index (χ3v) is 4.56. The molecule has 1 aromatic heterocycles. The molecular weight excluding hydrogens is 386 g/mol. The maximum Gasteiger partial charge on any atom is 0.123 e. The van der Waals surface area contributed by atoms with Gasteiger partial charge in [0.25, 0.3) is 0 Å². The lowest BCUT2D eigenvalue weighted by molar-refractivity contribution is 0.178. The lowest BCUT2D eigenvalue weighted by Gasteiger charge is -2.08. The minimum Gasteiger partial charge on any atom is -0.386 e. The summed E-state index contributed by atoms with van der Waals surface area (Å²) in [6, 6.07) is 16.4. The van der Waals surface area contributed by atoms with Crippen molar-refractivity contribution in [2.45, 2.75) is 67.4 Å². The first-order valence-electron chi connectivity index (χ1n) is 10.6. The number of rotatable bonds is 4. The van der Waals surface area contributed by atoms with Crippen LogP contribution in [-0.4, -0.2) is 10.1 Å². The number of aliphatic hydroxyl groups is 1. The second-order valence-electron chi connectivity index (χ2n) is 8.16. The van der Waals surface area contributed by atoms with Gasteiger partial charge in [0.05, 0.1) is 10.2 Å². The monoisotopic (exact) mass is 425 g/mol. The number of aromatic nitrogens is 1. The Morgan fingerprint density at radius 3 is 2.07 bits per heavy atom. The Balaban J connectivity index is 0.000000716. The smallest absolute Gasteiger partial charge is 0.123 e. The van der Waals surface area contributed by atoms with Gasteiger partial charge in [-0.3, -0.25) is 0 Å². The van der Waals surface area contributed by atoms with Crippen LogP contribution in [-0.2, 0) is 12.8 Å². The van der Waals surface area contributed by atoms with Crippen molar-refractivity contribution in [2.24, 2.45) is 5.41 Å². The van der Waals surface area contributed by atoms with Crippen LogP contribution in [0.1, 0.15) is 70.7 Å². The molecule has 1 heterocycles. The molecule has 1 atom stereocenters. The molecule has 30 heavy (non-hydrogen) atoms. The van der Waals surface area contributed by atoms with Gasteiger partial charge < -0.3 is 5.11 Å². The largest absolute Gasteiger partial charge is 0.386 e. The van der Waals surface area contributed by atoms with Crippen molar-refractivity contribution in [3.8, 4) is 0 Å². The van der Waals surface area contributed by atoms with E-state index in [9.17, 15) is 5.11 Å². The molecular formula is C27H39NOS. The maximum atomic E-state index is 10.4. The van der Waals surface area contributed by atoms with Gasteiger partial charge in [-0.25, -0.2) is 4.98 Å². The number of nitrogens with zero attached hydrogens (tertiary/aromatic N) is 1. The van der Waals surface area contributed by atoms with E-state index in [-0.39, 0.29) is 0 Å². The molecule has 0 saturated heterocycles. The standard InChI is InChI=1S/C17H17NOS.C5H12.C3H4.C2H6/c1-2-12-6-5-7-13(10-12)11-15(19)17-18-14-8-3-4-9-16(14)20-17;1-5(2,3)4;1-3-2;1-2/h3-10,15,19H,2,11H2,1H3;1-4H3;1-2H2;1-2H3. The summed E-state index contributed by atoms with van der Waals surface area (Å²) in [6.07, 6.45) is 1.11. The summed E-state index contributed by atoms with van der Waals surface area (Å²) in [5.41, 5.74) is 6.18. The number of aliphatic hydroxyl groups excluding tert-OH is 1. The first-order chi connectivity index (χ1) is 14.2. The van der Waals surface area contributed by atoms with Crippen molar-refractivity contribution in [1.82, 2.24) is 4.98 Å². The molecule has 3 aromatic rings. The van der Waals surface area contributed by atoms with Crippen molar-refractivity contribution in [2.75, 3.05) is 0 Å². The molecule has 0 saturated carbocycles. The second-order valence-corrected chi connectivity index (χ2v) is 9.23. The average molecular weight is 426 g/mol. The van der Waals surface area contributed by atoms with Gasteiger partial charge in [0.15, 0.2) is 0 Å². The highest BCUT2D eigenvalue weighted by molar-refractivity contribution is 7.18. The van der Waals surface area contributed by atoms with E-state index >= 15 is 0 Å². The van der Waals surface area contributed by atoms with Gasteiger partial charge in [-0.05, 0) is 35.1 Å². The van der Waals surface area contributed by atoms with Gasteiger partial charge in [0, 0.05) is 6.42 Å². The van der Waals surface area contributed by atoms with Crippen molar-refractivity contribution in [1.29, 1.82) is 0 Å². The number of thiazole rings is 1. The van der Waals surface area contributed by atoms with Gasteiger partial charge in [-0.2, -0.15) is 0 Å². The average Bonchev–Trinajstić information content (AvgIpc) is 3.13. The van der Waals surface area contributed by atoms with Crippen molar-refractivity contribution in [3.63, 3.8) is 0 Å². The van der Waals surface area contributed by atoms with E-state index in [1.54, 1.807) is 11.3 Å². The highest BCUT2D eigenvalue weighted by Gasteiger charge is 2.14. The van der Waals surface area contributed by atoms with E-state index in [1.165, 1.54) is 5.56 Å². The third-order valence-electron chi connectivity index (χ3n) is 3.42. The van der Waals surface area contributed by atoms with E-state index in [1.807, 2.05) is 38.1 Å². The summed E-state index contributed by atoms with van der Waals surface area (Å²) in [7, 11) is 0. The van der Waals surface area contributed by atoms with E-state index in [2.05, 4.69) is 82.8 Å². The lowest BCUT2D eigenvalue weighted by atomic mass is 10.0. The SMILES string of the molecule is C=C=C.CC.CC(C)(C)C.CCc1cccc(CC(O)c2nc3ccccc3s2)c1. The van der Waals surface area contributed by atoms with Gasteiger partial charge in [-0.15, -0.1) is 17.1 Å². The Hall–Kier alpha value is -2.19. The predicted octanol–water partition coefficient (Wildman–Crippen LogP) is 8.17. The van der Waals surface area contributed by atoms with Crippen LogP contribution in [0.4, 0.5) is 0 Å². The summed E-state index contributed by atoms with van der Waals surface area (Å²) in [5.74, 6) is 0. The molecule has 0 fully saturated rings. The van der Waals surface area contributed by atoms with E-state index < -0.39 is 6.10 Å². The summed E-state index contributed by atoms with van der Waals surface area (Å²) < 4.78 is 1.13. The van der Waals surface area contributed by atoms with Crippen LogP contribution in [0.3, 0.4) is 0 Å². The van der Waals surface area contributed by atoms with Crippen LogP contribution in [0.25, 0.3) is 10.2 Å². The topological polar surface area (TPSA) is 33.1 Å². The fourth-order valence-corrected chi connectivity index (χ4v) is 3.27. The third kappa shape index (κ3) is 11.7. The number of fused-ring (bicyclic) bond motifs is 1. The Morgan fingerprint density at radius 2 is 1.53 bits per heavy atom. The molecule has 164 valence electrons. The maximum absolute atomic E-state index is 10.4. The molecule has 3 rings (SSSR count). The number of hydrogen-bond acceptors (Lipinski definition) is 3. The van der Waals surface area contributed by atoms with Gasteiger partial charge >= 0.3 is 0 Å². The van der Waals surface area contributed by atoms with Gasteiger partial charge in [0.2, 0.25) is 0 Å². The van der Waals surface area contributed by atoms with Crippen molar-refractivity contribution in [3.05, 3.63) is 83.6 Å². The Kier molecular flexibility index (Phi) is 13.7. The molecule has 0 aliphatic carbocycles.